The summed E-state index contributed by atoms with van der Waals surface area (Å²) in [4.78, 5) is 12.5. The van der Waals surface area contributed by atoms with Gasteiger partial charge in [-0.2, -0.15) is 0 Å². The lowest BCUT2D eigenvalue weighted by Gasteiger charge is -2.13. The van der Waals surface area contributed by atoms with E-state index in [2.05, 4.69) is 15.5 Å². The fourth-order valence-electron chi connectivity index (χ4n) is 2.31. The Labute approximate surface area is 170 Å². The molecule has 0 aliphatic rings. The molecular weight excluding hydrogens is 407 g/mol. The molecule has 0 radical (unpaired) electrons. The molecule has 0 saturated heterocycles. The Kier molecular flexibility index (Phi) is 6.26. The van der Waals surface area contributed by atoms with Gasteiger partial charge in [-0.05, 0) is 49.4 Å². The summed E-state index contributed by atoms with van der Waals surface area (Å²) >= 11 is 13.2. The van der Waals surface area contributed by atoms with Crippen molar-refractivity contribution >= 4 is 46.6 Å². The van der Waals surface area contributed by atoms with Crippen LogP contribution in [-0.4, -0.2) is 33.0 Å². The number of benzene rings is 2. The van der Waals surface area contributed by atoms with E-state index in [4.69, 9.17) is 27.9 Å². The lowest BCUT2D eigenvalue weighted by atomic mass is 10.3. The maximum atomic E-state index is 12.5. The molecule has 2 aromatic carbocycles. The Morgan fingerprint density at radius 1 is 1.19 bits per heavy atom. The van der Waals surface area contributed by atoms with Gasteiger partial charge in [-0.15, -0.1) is 10.2 Å². The minimum atomic E-state index is -0.413. The van der Waals surface area contributed by atoms with Gasteiger partial charge in [0.05, 0.1) is 12.4 Å². The van der Waals surface area contributed by atoms with Crippen LogP contribution in [0.1, 0.15) is 6.92 Å². The van der Waals surface area contributed by atoms with Crippen LogP contribution in [0.15, 0.2) is 53.9 Å². The first-order chi connectivity index (χ1) is 13.0. The first kappa shape index (κ1) is 19.5. The number of hydrogen-bond acceptors (Lipinski definition) is 5. The van der Waals surface area contributed by atoms with E-state index in [1.165, 1.54) is 11.8 Å². The zero-order valence-corrected chi connectivity index (χ0v) is 16.8. The van der Waals surface area contributed by atoms with E-state index in [-0.39, 0.29) is 5.91 Å². The van der Waals surface area contributed by atoms with E-state index in [1.54, 1.807) is 38.6 Å². The minimum Gasteiger partial charge on any atom is -0.497 e. The molecule has 0 saturated carbocycles. The normalized spacial score (nSPS) is 11.9. The molecule has 0 aliphatic carbocycles. The molecule has 3 aromatic rings. The molecule has 140 valence electrons. The molecule has 0 spiro atoms. The van der Waals surface area contributed by atoms with Crippen LogP contribution >= 0.6 is 35.0 Å². The quantitative estimate of drug-likeness (QED) is 0.582. The van der Waals surface area contributed by atoms with Crippen molar-refractivity contribution in [3.05, 3.63) is 58.8 Å². The monoisotopic (exact) mass is 422 g/mol. The van der Waals surface area contributed by atoms with Crippen LogP contribution in [0.4, 0.5) is 5.69 Å². The summed E-state index contributed by atoms with van der Waals surface area (Å²) in [5, 5.41) is 12.0. The number of carbonyl (C=O) groups excluding carboxylic acids is 1. The predicted molar refractivity (Wildman–Crippen MR) is 108 cm³/mol. The van der Waals surface area contributed by atoms with E-state index < -0.39 is 5.25 Å². The van der Waals surface area contributed by atoms with Crippen molar-refractivity contribution in [1.29, 1.82) is 0 Å². The van der Waals surface area contributed by atoms with Gasteiger partial charge in [0, 0.05) is 21.4 Å². The molecule has 1 N–H and O–H groups in total. The lowest BCUT2D eigenvalue weighted by molar-refractivity contribution is -0.115. The largest absolute Gasteiger partial charge is 0.497 e. The smallest absolute Gasteiger partial charge is 0.237 e. The molecule has 0 unspecified atom stereocenters. The number of carbonyl (C=O) groups is 1. The molecule has 9 heteroatoms. The van der Waals surface area contributed by atoms with Gasteiger partial charge in [0.25, 0.3) is 0 Å². The van der Waals surface area contributed by atoms with Crippen molar-refractivity contribution in [2.24, 2.45) is 0 Å². The van der Waals surface area contributed by atoms with Crippen LogP contribution < -0.4 is 10.1 Å². The number of aromatic nitrogens is 3. The van der Waals surface area contributed by atoms with Crippen LogP contribution in [0.25, 0.3) is 5.69 Å². The minimum absolute atomic E-state index is 0.192. The number of anilines is 1. The van der Waals surface area contributed by atoms with E-state index in [0.29, 0.717) is 20.9 Å². The Bertz CT molecular complexity index is 927. The van der Waals surface area contributed by atoms with Crippen molar-refractivity contribution in [3.8, 4) is 11.4 Å². The topological polar surface area (TPSA) is 69.0 Å². The van der Waals surface area contributed by atoms with E-state index in [1.807, 2.05) is 28.8 Å². The molecular formula is C18H16Cl2N4O2S. The summed E-state index contributed by atoms with van der Waals surface area (Å²) in [7, 11) is 1.61. The molecule has 0 fully saturated rings. The number of hydrogen-bond donors (Lipinski definition) is 1. The Morgan fingerprint density at radius 3 is 2.48 bits per heavy atom. The molecule has 1 heterocycles. The first-order valence-electron chi connectivity index (χ1n) is 7.94. The van der Waals surface area contributed by atoms with Gasteiger partial charge < -0.3 is 10.1 Å². The highest BCUT2D eigenvalue weighted by Gasteiger charge is 2.19. The maximum absolute atomic E-state index is 12.5. The number of ether oxygens (including phenoxy) is 1. The third-order valence-corrected chi connectivity index (χ3v) is 5.14. The van der Waals surface area contributed by atoms with E-state index >= 15 is 0 Å². The predicted octanol–water partition coefficient (Wildman–Crippen LogP) is 4.70. The molecule has 0 aliphatic heterocycles. The number of thioether (sulfide) groups is 1. The Balaban J connectivity index is 1.71. The summed E-state index contributed by atoms with van der Waals surface area (Å²) in [6, 6.07) is 12.4. The summed E-state index contributed by atoms with van der Waals surface area (Å²) in [6.45, 7) is 1.79. The zero-order chi connectivity index (χ0) is 19.4. The van der Waals surface area contributed by atoms with Crippen molar-refractivity contribution in [2.45, 2.75) is 17.3 Å². The number of halogens is 2. The van der Waals surface area contributed by atoms with Crippen LogP contribution in [-0.2, 0) is 4.79 Å². The summed E-state index contributed by atoms with van der Waals surface area (Å²) in [6.07, 6.45) is 1.60. The molecule has 1 aromatic heterocycles. The summed E-state index contributed by atoms with van der Waals surface area (Å²) < 4.78 is 6.98. The summed E-state index contributed by atoms with van der Waals surface area (Å²) in [5.41, 5.74) is 1.42. The van der Waals surface area contributed by atoms with Gasteiger partial charge in [-0.1, -0.05) is 35.0 Å². The van der Waals surface area contributed by atoms with Gasteiger partial charge in [0.15, 0.2) is 5.16 Å². The second-order valence-electron chi connectivity index (χ2n) is 5.59. The molecule has 1 atom stereocenters. The van der Waals surface area contributed by atoms with Gasteiger partial charge in [0.1, 0.15) is 12.1 Å². The number of amides is 1. The third kappa shape index (κ3) is 4.94. The molecule has 1 amide bonds. The molecule has 27 heavy (non-hydrogen) atoms. The SMILES string of the molecule is COc1ccc(-n2cnnc2S[C@H](C)C(=O)Nc2cc(Cl)cc(Cl)c2)cc1. The molecule has 6 nitrogen and oxygen atoms in total. The highest BCUT2D eigenvalue weighted by molar-refractivity contribution is 8.00. The maximum Gasteiger partial charge on any atom is 0.237 e. The van der Waals surface area contributed by atoms with Gasteiger partial charge in [0.2, 0.25) is 5.91 Å². The standard InChI is InChI=1S/C18H16Cl2N4O2S/c1-11(17(25)22-14-8-12(19)7-13(20)9-14)27-18-23-21-10-24(18)15-3-5-16(26-2)6-4-15/h3-11H,1-2H3,(H,22,25)/t11-/m1/s1. The average molecular weight is 423 g/mol. The lowest BCUT2D eigenvalue weighted by Crippen LogP contribution is -2.22. The van der Waals surface area contributed by atoms with Gasteiger partial charge in [-0.3, -0.25) is 9.36 Å². The van der Waals surface area contributed by atoms with E-state index in [9.17, 15) is 4.79 Å². The fourth-order valence-corrected chi connectivity index (χ4v) is 3.67. The Hall–Kier alpha value is -2.22. The zero-order valence-electron chi connectivity index (χ0n) is 14.5. The third-order valence-electron chi connectivity index (χ3n) is 3.65. The van der Waals surface area contributed by atoms with Crippen LogP contribution in [0.3, 0.4) is 0 Å². The van der Waals surface area contributed by atoms with Crippen molar-refractivity contribution in [2.75, 3.05) is 12.4 Å². The van der Waals surface area contributed by atoms with Gasteiger partial charge in [-0.25, -0.2) is 0 Å². The number of nitrogens with one attached hydrogen (secondary N) is 1. The van der Waals surface area contributed by atoms with Crippen molar-refractivity contribution in [3.63, 3.8) is 0 Å². The summed E-state index contributed by atoms with van der Waals surface area (Å²) in [5.74, 6) is 0.566. The first-order valence-corrected chi connectivity index (χ1v) is 9.58. The highest BCUT2D eigenvalue weighted by atomic mass is 35.5. The number of rotatable bonds is 6. The molecule has 0 bridgehead atoms. The van der Waals surface area contributed by atoms with Crippen LogP contribution in [0.2, 0.25) is 10.0 Å². The molecule has 3 rings (SSSR count). The van der Waals surface area contributed by atoms with Crippen LogP contribution in [0.5, 0.6) is 5.75 Å². The van der Waals surface area contributed by atoms with Gasteiger partial charge >= 0.3 is 0 Å². The van der Waals surface area contributed by atoms with Crippen molar-refractivity contribution < 1.29 is 9.53 Å². The Morgan fingerprint density at radius 2 is 1.85 bits per heavy atom. The van der Waals surface area contributed by atoms with Crippen LogP contribution in [0, 0.1) is 0 Å². The fraction of sp³-hybridized carbons (Fsp3) is 0.167. The average Bonchev–Trinajstić information content (AvgIpc) is 3.09. The highest BCUT2D eigenvalue weighted by Crippen LogP contribution is 2.27. The van der Waals surface area contributed by atoms with Crippen molar-refractivity contribution in [1.82, 2.24) is 14.8 Å². The second kappa shape index (κ2) is 8.65. The second-order valence-corrected chi connectivity index (χ2v) is 7.77. The number of methoxy groups -OCH3 is 1. The van der Waals surface area contributed by atoms with E-state index in [0.717, 1.165) is 11.4 Å². The number of nitrogens with zero attached hydrogens (tertiary/aromatic N) is 3.